The van der Waals surface area contributed by atoms with Gasteiger partial charge in [0.15, 0.2) is 0 Å². The average molecular weight is 331 g/mol. The summed E-state index contributed by atoms with van der Waals surface area (Å²) in [5, 5.41) is 3.43. The number of carbonyl (C=O) groups is 1. The maximum atomic E-state index is 11.8. The number of ether oxygens (including phenoxy) is 1. The highest BCUT2D eigenvalue weighted by Gasteiger charge is 2.09. The van der Waals surface area contributed by atoms with E-state index in [4.69, 9.17) is 16.3 Å². The first-order valence-electron chi connectivity index (χ1n) is 6.50. The second kappa shape index (κ2) is 6.68. The lowest BCUT2D eigenvalue weighted by Gasteiger charge is -2.02. The second-order valence-corrected chi connectivity index (χ2v) is 5.76. The molecule has 22 heavy (non-hydrogen) atoms. The minimum Gasteiger partial charge on any atom is -0.456 e. The molecule has 0 fully saturated rings. The van der Waals surface area contributed by atoms with Crippen LogP contribution in [-0.2, 0) is 11.3 Å². The van der Waals surface area contributed by atoms with Gasteiger partial charge in [-0.2, -0.15) is 0 Å². The third kappa shape index (κ3) is 3.50. The van der Waals surface area contributed by atoms with Gasteiger partial charge in [-0.1, -0.05) is 23.7 Å². The predicted molar refractivity (Wildman–Crippen MR) is 85.9 cm³/mol. The van der Waals surface area contributed by atoms with Gasteiger partial charge in [0.25, 0.3) is 0 Å². The maximum absolute atomic E-state index is 11.8. The molecular weight excluding hydrogens is 320 g/mol. The van der Waals surface area contributed by atoms with Gasteiger partial charge in [-0.05, 0) is 24.3 Å². The molecule has 0 amide bonds. The Morgan fingerprint density at radius 3 is 2.77 bits per heavy atom. The molecular formula is C16H11ClN2O2S. The molecule has 0 atom stereocenters. The summed E-state index contributed by atoms with van der Waals surface area (Å²) in [6.07, 6.45) is 3.08. The molecule has 2 aromatic heterocycles. The molecule has 3 aromatic rings. The van der Waals surface area contributed by atoms with E-state index < -0.39 is 5.97 Å². The zero-order chi connectivity index (χ0) is 15.4. The van der Waals surface area contributed by atoms with Gasteiger partial charge in [0.2, 0.25) is 0 Å². The molecule has 2 heterocycles. The molecule has 0 N–H and O–H groups in total. The molecule has 0 saturated carbocycles. The van der Waals surface area contributed by atoms with E-state index in [2.05, 4.69) is 9.97 Å². The molecule has 0 aliphatic rings. The van der Waals surface area contributed by atoms with Crippen molar-refractivity contribution in [1.82, 2.24) is 9.97 Å². The molecule has 110 valence electrons. The van der Waals surface area contributed by atoms with Gasteiger partial charge in [0.05, 0.1) is 11.3 Å². The van der Waals surface area contributed by atoms with Crippen molar-refractivity contribution in [2.75, 3.05) is 0 Å². The topological polar surface area (TPSA) is 52.1 Å². The number of pyridine rings is 1. The minimum atomic E-state index is -0.408. The zero-order valence-corrected chi connectivity index (χ0v) is 13.0. The second-order valence-electron chi connectivity index (χ2n) is 4.47. The number of hydrogen-bond acceptors (Lipinski definition) is 5. The Kier molecular flexibility index (Phi) is 4.46. The molecule has 0 aliphatic heterocycles. The van der Waals surface area contributed by atoms with Crippen LogP contribution in [0.1, 0.15) is 16.1 Å². The number of esters is 1. The monoisotopic (exact) mass is 330 g/mol. The fourth-order valence-corrected chi connectivity index (χ4v) is 2.74. The fraction of sp³-hybridized carbons (Fsp3) is 0.0625. The molecule has 3 rings (SSSR count). The molecule has 0 spiro atoms. The summed E-state index contributed by atoms with van der Waals surface area (Å²) < 4.78 is 5.23. The quantitative estimate of drug-likeness (QED) is 0.672. The lowest BCUT2D eigenvalue weighted by molar-refractivity contribution is 0.0468. The number of aromatic nitrogens is 2. The number of benzene rings is 1. The van der Waals surface area contributed by atoms with Gasteiger partial charge < -0.3 is 4.74 Å². The SMILES string of the molecule is O=C(OCc1csc(-c2ccc(Cl)cc2)n1)c1cccnc1. The van der Waals surface area contributed by atoms with Crippen LogP contribution in [-0.4, -0.2) is 15.9 Å². The Hall–Kier alpha value is -2.24. The summed E-state index contributed by atoms with van der Waals surface area (Å²) in [7, 11) is 0. The van der Waals surface area contributed by atoms with Gasteiger partial charge in [0.1, 0.15) is 11.6 Å². The standard InChI is InChI=1S/C16H11ClN2O2S/c17-13-5-3-11(4-6-13)15-19-14(10-22-15)9-21-16(20)12-2-1-7-18-8-12/h1-8,10H,9H2. The molecule has 0 bridgehead atoms. The van der Waals surface area contributed by atoms with Crippen molar-refractivity contribution < 1.29 is 9.53 Å². The molecule has 0 unspecified atom stereocenters. The van der Waals surface area contributed by atoms with Gasteiger partial charge >= 0.3 is 5.97 Å². The summed E-state index contributed by atoms with van der Waals surface area (Å²) in [6, 6.07) is 10.8. The minimum absolute atomic E-state index is 0.137. The summed E-state index contributed by atoms with van der Waals surface area (Å²) >= 11 is 7.37. The summed E-state index contributed by atoms with van der Waals surface area (Å²) in [5.41, 5.74) is 2.13. The van der Waals surface area contributed by atoms with Crippen molar-refractivity contribution in [1.29, 1.82) is 0 Å². The Balaban J connectivity index is 1.65. The van der Waals surface area contributed by atoms with Crippen LogP contribution in [0.3, 0.4) is 0 Å². The number of halogens is 1. The predicted octanol–water partition coefficient (Wildman–Crippen LogP) is 4.22. The largest absolute Gasteiger partial charge is 0.456 e. The average Bonchev–Trinajstić information content (AvgIpc) is 3.03. The van der Waals surface area contributed by atoms with E-state index in [1.807, 2.05) is 29.6 Å². The third-order valence-corrected chi connectivity index (χ3v) is 4.08. The van der Waals surface area contributed by atoms with Crippen LogP contribution >= 0.6 is 22.9 Å². The number of thiazole rings is 1. The van der Waals surface area contributed by atoms with E-state index in [1.165, 1.54) is 17.5 Å². The fourth-order valence-electron chi connectivity index (χ4n) is 1.80. The van der Waals surface area contributed by atoms with E-state index in [1.54, 1.807) is 18.3 Å². The van der Waals surface area contributed by atoms with Crippen LogP contribution in [0.15, 0.2) is 54.2 Å². The normalized spacial score (nSPS) is 10.4. The van der Waals surface area contributed by atoms with E-state index in [-0.39, 0.29) is 6.61 Å². The Bertz CT molecular complexity index is 772. The first kappa shape index (κ1) is 14.7. The first-order chi connectivity index (χ1) is 10.7. The number of hydrogen-bond donors (Lipinski definition) is 0. The molecule has 0 radical (unpaired) electrons. The first-order valence-corrected chi connectivity index (χ1v) is 7.75. The molecule has 4 nitrogen and oxygen atoms in total. The molecule has 1 aromatic carbocycles. The smallest absolute Gasteiger partial charge is 0.340 e. The van der Waals surface area contributed by atoms with E-state index in [9.17, 15) is 4.79 Å². The van der Waals surface area contributed by atoms with Crippen LogP contribution in [0.4, 0.5) is 0 Å². The zero-order valence-electron chi connectivity index (χ0n) is 11.4. The van der Waals surface area contributed by atoms with Crippen molar-refractivity contribution in [3.8, 4) is 10.6 Å². The van der Waals surface area contributed by atoms with Crippen molar-refractivity contribution in [2.24, 2.45) is 0 Å². The Morgan fingerprint density at radius 1 is 1.23 bits per heavy atom. The van der Waals surface area contributed by atoms with Crippen molar-refractivity contribution in [3.05, 3.63) is 70.5 Å². The van der Waals surface area contributed by atoms with Crippen LogP contribution in [0.5, 0.6) is 0 Å². The number of carbonyl (C=O) groups excluding carboxylic acids is 1. The van der Waals surface area contributed by atoms with Gasteiger partial charge in [0, 0.05) is 28.4 Å². The highest BCUT2D eigenvalue weighted by molar-refractivity contribution is 7.13. The molecule has 0 aliphatic carbocycles. The Labute approximate surface area is 136 Å². The van der Waals surface area contributed by atoms with Crippen molar-refractivity contribution >= 4 is 28.9 Å². The van der Waals surface area contributed by atoms with Crippen LogP contribution in [0.2, 0.25) is 5.02 Å². The molecule has 6 heteroatoms. The van der Waals surface area contributed by atoms with Crippen molar-refractivity contribution in [3.63, 3.8) is 0 Å². The number of nitrogens with zero attached hydrogens (tertiary/aromatic N) is 2. The lowest BCUT2D eigenvalue weighted by atomic mass is 10.2. The van der Waals surface area contributed by atoms with Crippen molar-refractivity contribution in [2.45, 2.75) is 6.61 Å². The maximum Gasteiger partial charge on any atom is 0.340 e. The highest BCUT2D eigenvalue weighted by atomic mass is 35.5. The number of rotatable bonds is 4. The van der Waals surface area contributed by atoms with Crippen LogP contribution in [0, 0.1) is 0 Å². The molecule has 0 saturated heterocycles. The summed E-state index contributed by atoms with van der Waals surface area (Å²) in [6.45, 7) is 0.137. The van der Waals surface area contributed by atoms with Gasteiger partial charge in [-0.25, -0.2) is 9.78 Å². The Morgan fingerprint density at radius 2 is 2.05 bits per heavy atom. The van der Waals surface area contributed by atoms with Crippen LogP contribution < -0.4 is 0 Å². The van der Waals surface area contributed by atoms with E-state index in [0.29, 0.717) is 16.3 Å². The van der Waals surface area contributed by atoms with Gasteiger partial charge in [-0.15, -0.1) is 11.3 Å². The summed E-state index contributed by atoms with van der Waals surface area (Å²) in [5.74, 6) is -0.408. The lowest BCUT2D eigenvalue weighted by Crippen LogP contribution is -2.05. The van der Waals surface area contributed by atoms with Crippen LogP contribution in [0.25, 0.3) is 10.6 Å². The van der Waals surface area contributed by atoms with Gasteiger partial charge in [-0.3, -0.25) is 4.98 Å². The van der Waals surface area contributed by atoms with E-state index >= 15 is 0 Å². The van der Waals surface area contributed by atoms with E-state index in [0.717, 1.165) is 10.6 Å². The third-order valence-electron chi connectivity index (χ3n) is 2.89. The highest BCUT2D eigenvalue weighted by Crippen LogP contribution is 2.25. The summed E-state index contributed by atoms with van der Waals surface area (Å²) in [4.78, 5) is 20.2.